The van der Waals surface area contributed by atoms with Crippen LogP contribution in [0.1, 0.15) is 31.7 Å². The lowest BCUT2D eigenvalue weighted by molar-refractivity contribution is -0.107. The van der Waals surface area contributed by atoms with Crippen LogP contribution in [0.15, 0.2) is 12.1 Å². The molecule has 2 aromatic rings. The number of H-pyrrole nitrogens is 1. The van der Waals surface area contributed by atoms with Gasteiger partial charge < -0.3 is 10.1 Å². The number of hydrogen-bond acceptors (Lipinski definition) is 3. The molecule has 0 saturated heterocycles. The minimum atomic E-state index is -0.399. The molecule has 0 atom stereocenters. The topological polar surface area (TPSA) is 78.1 Å². The lowest BCUT2D eigenvalue weighted by Gasteiger charge is -2.19. The Morgan fingerprint density at radius 2 is 2.23 bits per heavy atom. The Bertz CT molecular complexity index is 696. The predicted molar refractivity (Wildman–Crippen MR) is 82.6 cm³/mol. The summed E-state index contributed by atoms with van der Waals surface area (Å²) in [6.07, 6.45) is 0.899. The van der Waals surface area contributed by atoms with Crippen LogP contribution in [0.2, 0.25) is 0 Å². The zero-order valence-electron chi connectivity index (χ0n) is 12.8. The Morgan fingerprint density at radius 3 is 2.82 bits per heavy atom. The van der Waals surface area contributed by atoms with Crippen LogP contribution in [0.3, 0.4) is 0 Å². The molecule has 0 aliphatic rings. The molecular formula is C15H19FN4O2. The largest absolute Gasteiger partial charge is 0.341 e. The molecule has 0 unspecified atom stereocenters. The molecular weight excluding hydrogens is 287 g/mol. The second kappa shape index (κ2) is 6.55. The molecule has 2 rings (SSSR count). The van der Waals surface area contributed by atoms with E-state index in [4.69, 9.17) is 0 Å². The Hall–Kier alpha value is -2.44. The van der Waals surface area contributed by atoms with Gasteiger partial charge in [0.1, 0.15) is 12.1 Å². The molecule has 6 nitrogen and oxygen atoms in total. The molecule has 0 aliphatic carbocycles. The monoisotopic (exact) mass is 306 g/mol. The number of carbonyl (C=O) groups is 2. The van der Waals surface area contributed by atoms with Crippen molar-refractivity contribution in [1.82, 2.24) is 15.5 Å². The number of fused-ring (bicyclic) bond motifs is 1. The number of benzene rings is 1. The number of hydrogen-bond donors (Lipinski definition) is 2. The number of anilines is 1. The number of aromatic nitrogens is 2. The number of urea groups is 1. The highest BCUT2D eigenvalue weighted by Gasteiger charge is 2.21. The van der Waals surface area contributed by atoms with E-state index < -0.39 is 6.03 Å². The van der Waals surface area contributed by atoms with Gasteiger partial charge in [-0.3, -0.25) is 10.00 Å². The minimum absolute atomic E-state index is 0.0428. The number of carbonyl (C=O) groups excluding carboxylic acids is 2. The molecule has 1 aromatic heterocycles. The first-order valence-corrected chi connectivity index (χ1v) is 7.10. The van der Waals surface area contributed by atoms with E-state index in [1.165, 1.54) is 18.0 Å². The van der Waals surface area contributed by atoms with Gasteiger partial charge in [0.15, 0.2) is 5.82 Å². The number of aldehydes is 1. The molecule has 7 heteroatoms. The van der Waals surface area contributed by atoms with Crippen molar-refractivity contribution in [3.63, 3.8) is 0 Å². The van der Waals surface area contributed by atoms with Crippen LogP contribution in [-0.4, -0.2) is 36.1 Å². The van der Waals surface area contributed by atoms with Crippen molar-refractivity contribution in [3.8, 4) is 0 Å². The van der Waals surface area contributed by atoms with Gasteiger partial charge in [-0.05, 0) is 23.6 Å². The van der Waals surface area contributed by atoms with Crippen LogP contribution in [0.25, 0.3) is 10.9 Å². The summed E-state index contributed by atoms with van der Waals surface area (Å²) in [5.74, 6) is 0.0176. The Morgan fingerprint density at radius 1 is 1.50 bits per heavy atom. The summed E-state index contributed by atoms with van der Waals surface area (Å²) in [6.45, 7) is 3.99. The molecule has 1 aromatic carbocycles. The first-order chi connectivity index (χ1) is 10.5. The molecule has 0 radical (unpaired) electrons. The first kappa shape index (κ1) is 15.9. The summed E-state index contributed by atoms with van der Waals surface area (Å²) >= 11 is 0. The van der Waals surface area contributed by atoms with Crippen LogP contribution < -0.4 is 10.2 Å². The van der Waals surface area contributed by atoms with Gasteiger partial charge in [0.05, 0.1) is 5.52 Å². The molecule has 0 aliphatic heterocycles. The maximum Gasteiger partial charge on any atom is 0.322 e. The maximum absolute atomic E-state index is 14.2. The van der Waals surface area contributed by atoms with Crippen molar-refractivity contribution in [2.45, 2.75) is 26.2 Å². The van der Waals surface area contributed by atoms with Gasteiger partial charge in [0.2, 0.25) is 0 Å². The molecule has 0 spiro atoms. The van der Waals surface area contributed by atoms with E-state index in [1.54, 1.807) is 6.07 Å². The fourth-order valence-electron chi connectivity index (χ4n) is 2.31. The third-order valence-electron chi connectivity index (χ3n) is 3.47. The summed E-state index contributed by atoms with van der Waals surface area (Å²) in [5.41, 5.74) is 1.24. The molecule has 1 heterocycles. The van der Waals surface area contributed by atoms with Crippen molar-refractivity contribution < 1.29 is 14.0 Å². The fourth-order valence-corrected chi connectivity index (χ4v) is 2.31. The fraction of sp³-hybridized carbons (Fsp3) is 0.400. The number of rotatable bonds is 5. The van der Waals surface area contributed by atoms with Gasteiger partial charge >= 0.3 is 6.03 Å². The van der Waals surface area contributed by atoms with Gasteiger partial charge in [-0.25, -0.2) is 9.18 Å². The van der Waals surface area contributed by atoms with Crippen LogP contribution >= 0.6 is 0 Å². The Labute approximate surface area is 127 Å². The van der Waals surface area contributed by atoms with Crippen molar-refractivity contribution >= 4 is 29.0 Å². The number of aromatic amines is 1. The van der Waals surface area contributed by atoms with E-state index in [0.717, 1.165) is 6.29 Å². The number of nitrogens with zero attached hydrogens (tertiary/aromatic N) is 2. The lowest BCUT2D eigenvalue weighted by Crippen LogP contribution is -2.39. The summed E-state index contributed by atoms with van der Waals surface area (Å²) in [4.78, 5) is 23.9. The summed E-state index contributed by atoms with van der Waals surface area (Å²) < 4.78 is 14.2. The average Bonchev–Trinajstić information content (AvgIpc) is 2.89. The van der Waals surface area contributed by atoms with Crippen LogP contribution in [0.4, 0.5) is 15.0 Å². The highest BCUT2D eigenvalue weighted by Crippen LogP contribution is 2.29. The zero-order valence-corrected chi connectivity index (χ0v) is 12.8. The molecule has 22 heavy (non-hydrogen) atoms. The first-order valence-electron chi connectivity index (χ1n) is 7.10. The second-order valence-corrected chi connectivity index (χ2v) is 5.28. The number of nitrogens with one attached hydrogen (secondary N) is 2. The van der Waals surface area contributed by atoms with Crippen LogP contribution in [-0.2, 0) is 4.79 Å². The third kappa shape index (κ3) is 2.93. The third-order valence-corrected chi connectivity index (χ3v) is 3.47. The van der Waals surface area contributed by atoms with Crippen LogP contribution in [0, 0.1) is 5.82 Å². The normalized spacial score (nSPS) is 11.0. The van der Waals surface area contributed by atoms with Crippen molar-refractivity contribution in [2.75, 3.05) is 18.5 Å². The molecule has 0 fully saturated rings. The summed E-state index contributed by atoms with van der Waals surface area (Å²) in [7, 11) is 1.49. The lowest BCUT2D eigenvalue weighted by atomic mass is 10.0. The molecule has 2 amide bonds. The molecule has 0 saturated carbocycles. The number of halogens is 1. The van der Waals surface area contributed by atoms with Gasteiger partial charge in [-0.15, -0.1) is 0 Å². The quantitative estimate of drug-likeness (QED) is 0.833. The minimum Gasteiger partial charge on any atom is -0.341 e. The summed E-state index contributed by atoms with van der Waals surface area (Å²) in [5, 5.41) is 9.94. The molecule has 118 valence electrons. The molecule has 0 bridgehead atoms. The Kier molecular flexibility index (Phi) is 4.75. The summed E-state index contributed by atoms with van der Waals surface area (Å²) in [6, 6.07) is 2.68. The molecule has 2 N–H and O–H groups in total. The van der Waals surface area contributed by atoms with E-state index >= 15 is 0 Å². The second-order valence-electron chi connectivity index (χ2n) is 5.28. The van der Waals surface area contributed by atoms with E-state index in [0.29, 0.717) is 22.3 Å². The van der Waals surface area contributed by atoms with Crippen molar-refractivity contribution in [3.05, 3.63) is 23.5 Å². The average molecular weight is 306 g/mol. The van der Waals surface area contributed by atoms with Gasteiger partial charge in [0, 0.05) is 25.4 Å². The standard InChI is InChI=1S/C15H19FN4O2/c1-9(2)10-8-13-11(7-12(10)16)14(19-18-13)20(5-4-6-21)15(22)17-3/h6-9H,4-5H2,1-3H3,(H,17,22)(H,18,19). The van der Waals surface area contributed by atoms with Gasteiger partial charge in [-0.1, -0.05) is 13.8 Å². The van der Waals surface area contributed by atoms with Crippen molar-refractivity contribution in [1.29, 1.82) is 0 Å². The van der Waals surface area contributed by atoms with Gasteiger partial charge in [0.25, 0.3) is 0 Å². The highest BCUT2D eigenvalue weighted by molar-refractivity contribution is 6.01. The van der Waals surface area contributed by atoms with Crippen LogP contribution in [0.5, 0.6) is 0 Å². The van der Waals surface area contributed by atoms with E-state index in [-0.39, 0.29) is 24.7 Å². The predicted octanol–water partition coefficient (Wildman–Crippen LogP) is 2.56. The van der Waals surface area contributed by atoms with E-state index in [1.807, 2.05) is 13.8 Å². The van der Waals surface area contributed by atoms with E-state index in [9.17, 15) is 14.0 Å². The highest BCUT2D eigenvalue weighted by atomic mass is 19.1. The smallest absolute Gasteiger partial charge is 0.322 e. The zero-order chi connectivity index (χ0) is 16.3. The SMILES string of the molecule is CNC(=O)N(CCC=O)c1n[nH]c2cc(C(C)C)c(F)cc12. The maximum atomic E-state index is 14.2. The van der Waals surface area contributed by atoms with Crippen molar-refractivity contribution in [2.24, 2.45) is 0 Å². The van der Waals surface area contributed by atoms with Gasteiger partial charge in [-0.2, -0.15) is 5.10 Å². The number of amides is 2. The Balaban J connectivity index is 2.51. The van der Waals surface area contributed by atoms with E-state index in [2.05, 4.69) is 15.5 Å².